The topological polar surface area (TPSA) is 66.9 Å². The van der Waals surface area contributed by atoms with E-state index in [0.717, 1.165) is 0 Å². The number of thiazole rings is 1. The molecule has 26 heavy (non-hydrogen) atoms. The van der Waals surface area contributed by atoms with Crippen LogP contribution in [-0.2, 0) is 6.54 Å². The van der Waals surface area contributed by atoms with Crippen LogP contribution < -0.4 is 10.6 Å². The summed E-state index contributed by atoms with van der Waals surface area (Å²) in [7, 11) is 0. The third kappa shape index (κ3) is 4.49. The highest BCUT2D eigenvalue weighted by Gasteiger charge is 2.15. The molecule has 1 aromatic carbocycles. The molecule has 0 atom stereocenters. The van der Waals surface area contributed by atoms with Gasteiger partial charge in [-0.2, -0.15) is 0 Å². The molecule has 0 unspecified atom stereocenters. The summed E-state index contributed by atoms with van der Waals surface area (Å²) in [5, 5.41) is 6.91. The zero-order valence-corrected chi connectivity index (χ0v) is 15.8. The molecule has 2 N–H and O–H groups in total. The second-order valence-electron chi connectivity index (χ2n) is 5.35. The molecule has 0 aliphatic rings. The first-order valence-electron chi connectivity index (χ1n) is 7.50. The van der Waals surface area contributed by atoms with E-state index >= 15 is 0 Å². The van der Waals surface area contributed by atoms with E-state index in [1.807, 2.05) is 0 Å². The van der Waals surface area contributed by atoms with Crippen LogP contribution in [0, 0.1) is 12.7 Å². The van der Waals surface area contributed by atoms with Crippen molar-refractivity contribution in [1.29, 1.82) is 0 Å². The number of nitrogens with zero attached hydrogens (tertiary/aromatic N) is 2. The van der Waals surface area contributed by atoms with Crippen molar-refractivity contribution in [2.24, 2.45) is 0 Å². The maximum atomic E-state index is 13.2. The Morgan fingerprint density at radius 3 is 2.77 bits per heavy atom. The summed E-state index contributed by atoms with van der Waals surface area (Å²) in [6.45, 7) is 1.98. The molecule has 3 aromatic rings. The Kier molecular flexibility index (Phi) is 5.70. The van der Waals surface area contributed by atoms with Gasteiger partial charge in [-0.25, -0.2) is 14.4 Å². The van der Waals surface area contributed by atoms with Crippen LogP contribution in [0.4, 0.5) is 15.3 Å². The van der Waals surface area contributed by atoms with Gasteiger partial charge >= 0.3 is 0 Å². The van der Waals surface area contributed by atoms with Gasteiger partial charge < -0.3 is 10.6 Å². The quantitative estimate of drug-likeness (QED) is 0.623. The molecule has 2 aromatic heterocycles. The van der Waals surface area contributed by atoms with Crippen LogP contribution in [0.25, 0.3) is 0 Å². The van der Waals surface area contributed by atoms with Gasteiger partial charge in [-0.1, -0.05) is 40.6 Å². The molecule has 134 valence electrons. The lowest BCUT2D eigenvalue weighted by Gasteiger charge is -2.05. The minimum absolute atomic E-state index is 0.0210. The Hall–Kier alpha value is -2.22. The molecule has 9 heteroatoms. The molecule has 3 rings (SSSR count). The van der Waals surface area contributed by atoms with Gasteiger partial charge in [0.25, 0.3) is 5.91 Å². The van der Waals surface area contributed by atoms with Crippen LogP contribution in [0.1, 0.15) is 20.9 Å². The lowest BCUT2D eigenvalue weighted by Crippen LogP contribution is -2.22. The van der Waals surface area contributed by atoms with E-state index < -0.39 is 5.82 Å². The van der Waals surface area contributed by atoms with E-state index in [1.165, 1.54) is 29.7 Å². The van der Waals surface area contributed by atoms with E-state index in [1.54, 1.807) is 25.1 Å². The van der Waals surface area contributed by atoms with E-state index in [9.17, 15) is 9.18 Å². The zero-order chi connectivity index (χ0) is 18.7. The first-order chi connectivity index (χ1) is 12.4. The number of benzene rings is 1. The number of nitrogens with one attached hydrogen (secondary N) is 2. The van der Waals surface area contributed by atoms with E-state index in [4.69, 9.17) is 23.2 Å². The Labute approximate surface area is 163 Å². The Morgan fingerprint density at radius 2 is 2.08 bits per heavy atom. The highest BCUT2D eigenvalue weighted by molar-refractivity contribution is 7.17. The van der Waals surface area contributed by atoms with Crippen molar-refractivity contribution < 1.29 is 9.18 Å². The van der Waals surface area contributed by atoms with Gasteiger partial charge in [-0.15, -0.1) is 0 Å². The molecule has 0 spiro atoms. The molecule has 0 aliphatic carbocycles. The van der Waals surface area contributed by atoms with Crippen LogP contribution in [-0.4, -0.2) is 15.9 Å². The van der Waals surface area contributed by atoms with Crippen molar-refractivity contribution in [2.75, 3.05) is 5.32 Å². The van der Waals surface area contributed by atoms with Gasteiger partial charge in [0.2, 0.25) is 0 Å². The van der Waals surface area contributed by atoms with E-state index in [0.29, 0.717) is 32.1 Å². The summed E-state index contributed by atoms with van der Waals surface area (Å²) in [5.41, 5.74) is 1.30. The number of hydrogen-bond acceptors (Lipinski definition) is 5. The molecule has 0 radical (unpaired) electrons. The van der Waals surface area contributed by atoms with Crippen LogP contribution >= 0.6 is 34.5 Å². The summed E-state index contributed by atoms with van der Waals surface area (Å²) < 4.78 is 13.2. The fourth-order valence-electron chi connectivity index (χ4n) is 2.13. The SMILES string of the molecule is Cc1nc(Nc2ccc(Cl)cn2)sc1C(=O)NCc1ccc(F)c(Cl)c1. The van der Waals surface area contributed by atoms with E-state index in [-0.39, 0.29) is 17.5 Å². The summed E-state index contributed by atoms with van der Waals surface area (Å²) in [5.74, 6) is -0.180. The number of carbonyl (C=O) groups excluding carboxylic acids is 1. The van der Waals surface area contributed by atoms with Crippen molar-refractivity contribution in [3.05, 3.63) is 68.5 Å². The van der Waals surface area contributed by atoms with Gasteiger partial charge in [0.05, 0.1) is 15.7 Å². The monoisotopic (exact) mass is 410 g/mol. The molecule has 5 nitrogen and oxygen atoms in total. The second kappa shape index (κ2) is 7.99. The lowest BCUT2D eigenvalue weighted by atomic mass is 10.2. The van der Waals surface area contributed by atoms with Gasteiger partial charge in [0.15, 0.2) is 5.13 Å². The maximum Gasteiger partial charge on any atom is 0.263 e. The minimum atomic E-state index is -0.494. The van der Waals surface area contributed by atoms with Crippen molar-refractivity contribution >= 4 is 51.4 Å². The number of amides is 1. The van der Waals surface area contributed by atoms with Crippen molar-refractivity contribution in [1.82, 2.24) is 15.3 Å². The third-order valence-electron chi connectivity index (χ3n) is 3.40. The minimum Gasteiger partial charge on any atom is -0.347 e. The number of anilines is 2. The third-order valence-corrected chi connectivity index (χ3v) is 4.99. The normalized spacial score (nSPS) is 10.6. The first-order valence-corrected chi connectivity index (χ1v) is 9.08. The van der Waals surface area contributed by atoms with Gasteiger partial charge in [0, 0.05) is 12.7 Å². The molecule has 1 amide bonds. The number of aromatic nitrogens is 2. The summed E-state index contributed by atoms with van der Waals surface area (Å²) in [6.07, 6.45) is 1.52. The Morgan fingerprint density at radius 1 is 1.27 bits per heavy atom. The van der Waals surface area contributed by atoms with Gasteiger partial charge in [-0.3, -0.25) is 4.79 Å². The Bertz CT molecular complexity index is 946. The molecule has 2 heterocycles. The molecular formula is C17H13Cl2FN4OS. The summed E-state index contributed by atoms with van der Waals surface area (Å²) in [4.78, 5) is 21.3. The molecule has 0 bridgehead atoms. The highest BCUT2D eigenvalue weighted by Crippen LogP contribution is 2.25. The van der Waals surface area contributed by atoms with Crippen molar-refractivity contribution in [3.8, 4) is 0 Å². The van der Waals surface area contributed by atoms with Crippen LogP contribution in [0.15, 0.2) is 36.5 Å². The Balaban J connectivity index is 1.66. The van der Waals surface area contributed by atoms with Crippen molar-refractivity contribution in [3.63, 3.8) is 0 Å². The highest BCUT2D eigenvalue weighted by atomic mass is 35.5. The standard InChI is InChI=1S/C17H13Cl2FN4OS/c1-9-15(16(25)22-7-10-2-4-13(20)12(19)6-10)26-17(23-9)24-14-5-3-11(18)8-21-14/h2-6,8H,7H2,1H3,(H,22,25)(H,21,23,24). The second-order valence-corrected chi connectivity index (χ2v) is 7.19. The number of halogens is 3. The van der Waals surface area contributed by atoms with Crippen LogP contribution in [0.3, 0.4) is 0 Å². The summed E-state index contributed by atoms with van der Waals surface area (Å²) in [6, 6.07) is 7.74. The van der Waals surface area contributed by atoms with E-state index in [2.05, 4.69) is 20.6 Å². The zero-order valence-electron chi connectivity index (χ0n) is 13.5. The molecule has 0 saturated heterocycles. The predicted molar refractivity (Wildman–Crippen MR) is 102 cm³/mol. The van der Waals surface area contributed by atoms with Crippen molar-refractivity contribution in [2.45, 2.75) is 13.5 Å². The molecule has 0 aliphatic heterocycles. The smallest absolute Gasteiger partial charge is 0.263 e. The largest absolute Gasteiger partial charge is 0.347 e. The van der Waals surface area contributed by atoms with Crippen LogP contribution in [0.2, 0.25) is 10.0 Å². The van der Waals surface area contributed by atoms with Crippen LogP contribution in [0.5, 0.6) is 0 Å². The molecule has 0 fully saturated rings. The molecule has 0 saturated carbocycles. The lowest BCUT2D eigenvalue weighted by molar-refractivity contribution is 0.0954. The fraction of sp³-hybridized carbons (Fsp3) is 0.118. The number of pyridine rings is 1. The first kappa shape index (κ1) is 18.6. The number of aryl methyl sites for hydroxylation is 1. The maximum absolute atomic E-state index is 13.2. The van der Waals surface area contributed by atoms with Gasteiger partial charge in [0.1, 0.15) is 16.5 Å². The van der Waals surface area contributed by atoms with Gasteiger partial charge in [-0.05, 0) is 36.8 Å². The fourth-order valence-corrected chi connectivity index (χ4v) is 3.34. The number of carbonyl (C=O) groups is 1. The number of hydrogen-bond donors (Lipinski definition) is 2. The predicted octanol–water partition coefficient (Wildman–Crippen LogP) is 4.97. The average Bonchev–Trinajstić information content (AvgIpc) is 2.98. The average molecular weight is 411 g/mol. The molecular weight excluding hydrogens is 398 g/mol. The summed E-state index contributed by atoms with van der Waals surface area (Å²) >= 11 is 12.8. The number of rotatable bonds is 5.